The number of carbonyl (C=O) groups excluding carboxylic acids is 1. The van der Waals surface area contributed by atoms with Crippen LogP contribution in [-0.4, -0.2) is 5.97 Å². The van der Waals surface area contributed by atoms with E-state index in [0.717, 1.165) is 6.08 Å². The molecule has 0 amide bonds. The molecular formula is C6H7ClNa2O2. The van der Waals surface area contributed by atoms with Crippen molar-refractivity contribution in [2.45, 2.75) is 6.92 Å². The average Bonchev–Trinajstić information content (AvgIpc) is 1.66. The Bertz CT molecular complexity index is 135. The number of allylic oxidation sites excluding steroid dienone is 3. The molecular weight excluding hydrogens is 185 g/mol. The maximum atomic E-state index is 9.64. The second kappa shape index (κ2) is 17.4. The van der Waals surface area contributed by atoms with Gasteiger partial charge in [0.25, 0.3) is 0 Å². The Hall–Kier alpha value is 1.24. The van der Waals surface area contributed by atoms with Crippen molar-refractivity contribution in [3.8, 4) is 0 Å². The van der Waals surface area contributed by atoms with E-state index >= 15 is 0 Å². The Morgan fingerprint density at radius 3 is 2.00 bits per heavy atom. The first-order valence-electron chi connectivity index (χ1n) is 2.27. The molecule has 0 saturated carbocycles. The number of carbonyl (C=O) groups is 1. The number of rotatable bonds is 2. The van der Waals surface area contributed by atoms with E-state index in [1.54, 1.807) is 19.1 Å². The first-order chi connectivity index (χ1) is 3.77. The van der Waals surface area contributed by atoms with Gasteiger partial charge in [-0.1, -0.05) is 18.2 Å². The molecule has 0 radical (unpaired) electrons. The normalized spacial score (nSPS) is 8.09. The summed E-state index contributed by atoms with van der Waals surface area (Å²) in [7, 11) is 0. The number of carboxylic acid groups (broad SMARTS) is 1. The van der Waals surface area contributed by atoms with Crippen LogP contribution in [0.5, 0.6) is 0 Å². The molecule has 0 aliphatic rings. The summed E-state index contributed by atoms with van der Waals surface area (Å²) in [5.41, 5.74) is 0. The molecule has 2 nitrogen and oxygen atoms in total. The molecule has 5 heteroatoms. The van der Waals surface area contributed by atoms with Crippen LogP contribution in [0, 0.1) is 0 Å². The van der Waals surface area contributed by atoms with E-state index in [1.807, 2.05) is 0 Å². The van der Waals surface area contributed by atoms with Crippen LogP contribution >= 0.6 is 0 Å². The molecule has 0 spiro atoms. The van der Waals surface area contributed by atoms with Crippen LogP contribution in [0.2, 0.25) is 0 Å². The molecule has 0 bridgehead atoms. The monoisotopic (exact) mass is 192 g/mol. The molecule has 0 saturated heterocycles. The van der Waals surface area contributed by atoms with Gasteiger partial charge in [0.05, 0.1) is 5.97 Å². The Kier molecular flexibility index (Phi) is 35.9. The predicted molar refractivity (Wildman–Crippen MR) is 29.0 cm³/mol. The van der Waals surface area contributed by atoms with Crippen LogP contribution in [0.25, 0.3) is 0 Å². The molecule has 0 atom stereocenters. The largest absolute Gasteiger partial charge is 1.00 e. The van der Waals surface area contributed by atoms with Gasteiger partial charge in [-0.25, -0.2) is 0 Å². The van der Waals surface area contributed by atoms with Crippen molar-refractivity contribution >= 4 is 5.97 Å². The van der Waals surface area contributed by atoms with E-state index in [2.05, 4.69) is 0 Å². The molecule has 0 aromatic carbocycles. The molecule has 0 heterocycles. The Balaban J connectivity index is -0.0000000817. The molecule has 0 fully saturated rings. The van der Waals surface area contributed by atoms with E-state index in [0.29, 0.717) is 0 Å². The Labute approximate surface area is 117 Å². The topological polar surface area (TPSA) is 40.1 Å². The summed E-state index contributed by atoms with van der Waals surface area (Å²) in [6, 6.07) is 0. The predicted octanol–water partition coefficient (Wildman–Crippen LogP) is -9.12. The van der Waals surface area contributed by atoms with Gasteiger partial charge >= 0.3 is 59.1 Å². The van der Waals surface area contributed by atoms with Crippen LogP contribution in [0.15, 0.2) is 24.3 Å². The van der Waals surface area contributed by atoms with Crippen LogP contribution in [0.3, 0.4) is 0 Å². The van der Waals surface area contributed by atoms with E-state index in [4.69, 9.17) is 0 Å². The number of hydrogen-bond acceptors (Lipinski definition) is 2. The van der Waals surface area contributed by atoms with Crippen molar-refractivity contribution in [3.05, 3.63) is 24.3 Å². The quantitative estimate of drug-likeness (QED) is 0.248. The zero-order valence-electron chi connectivity index (χ0n) is 7.00. The number of carboxylic acids is 1. The third kappa shape index (κ3) is 24.6. The summed E-state index contributed by atoms with van der Waals surface area (Å²) in [5.74, 6) is -1.16. The van der Waals surface area contributed by atoms with Crippen LogP contribution in [0.1, 0.15) is 6.92 Å². The summed E-state index contributed by atoms with van der Waals surface area (Å²) in [6.45, 7) is 1.81. The molecule has 0 unspecified atom stereocenters. The average molecular weight is 193 g/mol. The van der Waals surface area contributed by atoms with Crippen LogP contribution < -0.4 is 76.6 Å². The fourth-order valence-corrected chi connectivity index (χ4v) is 0.245. The zero-order chi connectivity index (χ0) is 6.41. The first kappa shape index (κ1) is 22.8. The van der Waals surface area contributed by atoms with Gasteiger partial charge in [-0.2, -0.15) is 0 Å². The van der Waals surface area contributed by atoms with Gasteiger partial charge in [-0.05, 0) is 13.0 Å². The van der Waals surface area contributed by atoms with Crippen molar-refractivity contribution < 1.29 is 81.4 Å². The summed E-state index contributed by atoms with van der Waals surface area (Å²) in [6.07, 6.45) is 5.74. The SMILES string of the molecule is C/C=C/C=C/C(=O)[O-].[Cl-].[Na+].[Na+]. The minimum atomic E-state index is -1.16. The molecule has 52 valence electrons. The van der Waals surface area contributed by atoms with Crippen molar-refractivity contribution in [2.75, 3.05) is 0 Å². The summed E-state index contributed by atoms with van der Waals surface area (Å²) in [4.78, 5) is 9.64. The molecule has 0 N–H and O–H groups in total. The second-order valence-electron chi connectivity index (χ2n) is 1.20. The zero-order valence-corrected chi connectivity index (χ0v) is 11.8. The third-order valence-corrected chi connectivity index (χ3v) is 0.536. The number of aliphatic carboxylic acids is 1. The van der Waals surface area contributed by atoms with E-state index in [1.165, 1.54) is 6.08 Å². The molecule has 0 aliphatic carbocycles. The fraction of sp³-hybridized carbons (Fsp3) is 0.167. The Morgan fingerprint density at radius 2 is 1.73 bits per heavy atom. The first-order valence-corrected chi connectivity index (χ1v) is 2.27. The second-order valence-corrected chi connectivity index (χ2v) is 1.20. The standard InChI is InChI=1S/C6H8O2.ClH.2Na/c1-2-3-4-5-6(7)8;;;/h2-5H,1H3,(H,7,8);1H;;/q;;2*+1/p-2/b3-2+,5-4+;;;. The molecule has 0 aromatic heterocycles. The summed E-state index contributed by atoms with van der Waals surface area (Å²) < 4.78 is 0. The van der Waals surface area contributed by atoms with Gasteiger partial charge < -0.3 is 22.3 Å². The third-order valence-electron chi connectivity index (χ3n) is 0.536. The Morgan fingerprint density at radius 1 is 1.27 bits per heavy atom. The van der Waals surface area contributed by atoms with Gasteiger partial charge in [0.1, 0.15) is 0 Å². The molecule has 0 aromatic rings. The van der Waals surface area contributed by atoms with Crippen molar-refractivity contribution in [2.24, 2.45) is 0 Å². The minimum absolute atomic E-state index is 0. The van der Waals surface area contributed by atoms with Crippen molar-refractivity contribution in [1.82, 2.24) is 0 Å². The fourth-order valence-electron chi connectivity index (χ4n) is 0.245. The smallest absolute Gasteiger partial charge is 1.00 e. The van der Waals surface area contributed by atoms with Gasteiger partial charge in [0, 0.05) is 0 Å². The van der Waals surface area contributed by atoms with Crippen molar-refractivity contribution in [1.29, 1.82) is 0 Å². The van der Waals surface area contributed by atoms with Gasteiger partial charge in [-0.15, -0.1) is 0 Å². The molecule has 0 rings (SSSR count). The molecule has 0 aliphatic heterocycles. The van der Waals surface area contributed by atoms with Crippen LogP contribution in [-0.2, 0) is 4.79 Å². The number of halogens is 1. The maximum Gasteiger partial charge on any atom is 1.00 e. The van der Waals surface area contributed by atoms with Gasteiger partial charge in [-0.3, -0.25) is 0 Å². The summed E-state index contributed by atoms with van der Waals surface area (Å²) in [5, 5.41) is 9.64. The van der Waals surface area contributed by atoms with Crippen LogP contribution in [0.4, 0.5) is 0 Å². The number of hydrogen-bond donors (Lipinski definition) is 0. The van der Waals surface area contributed by atoms with Gasteiger partial charge in [0.2, 0.25) is 0 Å². The van der Waals surface area contributed by atoms with E-state index in [-0.39, 0.29) is 71.5 Å². The summed E-state index contributed by atoms with van der Waals surface area (Å²) >= 11 is 0. The van der Waals surface area contributed by atoms with E-state index in [9.17, 15) is 9.90 Å². The maximum absolute atomic E-state index is 9.64. The van der Waals surface area contributed by atoms with Gasteiger partial charge in [0.15, 0.2) is 0 Å². The molecule has 11 heavy (non-hydrogen) atoms. The minimum Gasteiger partial charge on any atom is -1.00 e. The van der Waals surface area contributed by atoms with Crippen molar-refractivity contribution in [3.63, 3.8) is 0 Å². The van der Waals surface area contributed by atoms with E-state index < -0.39 is 5.97 Å².